The van der Waals surface area contributed by atoms with Crippen LogP contribution in [0.1, 0.15) is 6.23 Å². The number of phosphoric acid groups is 1. The van der Waals surface area contributed by atoms with Gasteiger partial charge in [-0.2, -0.15) is 9.29 Å². The van der Waals surface area contributed by atoms with Crippen LogP contribution in [0.15, 0.2) is 11.1 Å². The Morgan fingerprint density at radius 3 is 2.64 bits per heavy atom. The van der Waals surface area contributed by atoms with Gasteiger partial charge in [0.2, 0.25) is 5.95 Å². The Morgan fingerprint density at radius 1 is 1.32 bits per heavy atom. The predicted octanol–water partition coefficient (Wildman–Crippen LogP) is -1.74. The van der Waals surface area contributed by atoms with E-state index in [0.29, 0.717) is 0 Å². The second kappa shape index (κ2) is 7.50. The smallest absolute Gasteiger partial charge is 0.387 e. The van der Waals surface area contributed by atoms with Crippen LogP contribution in [-0.2, 0) is 18.2 Å². The largest absolute Gasteiger partial charge is 0.477 e. The van der Waals surface area contributed by atoms with Gasteiger partial charge in [0.25, 0.3) is 5.56 Å². The van der Waals surface area contributed by atoms with Crippen molar-refractivity contribution in [2.45, 2.75) is 24.5 Å². The normalized spacial score (nSPS) is 27.9. The molecule has 18 heteroatoms. The number of nitrogens with zero attached hydrogens (tertiary/aromatic N) is 3. The molecule has 28 heavy (non-hydrogen) atoms. The van der Waals surface area contributed by atoms with Gasteiger partial charge in [0.05, 0.1) is 12.4 Å². The highest BCUT2D eigenvalue weighted by molar-refractivity contribution is 8.55. The Hall–Kier alpha value is -1.32. The van der Waals surface area contributed by atoms with Crippen molar-refractivity contribution in [2.75, 3.05) is 11.5 Å². The molecule has 0 bridgehead atoms. The Balaban J connectivity index is 1.79. The predicted molar refractivity (Wildman–Crippen MR) is 93.9 cm³/mol. The van der Waals surface area contributed by atoms with Crippen molar-refractivity contribution in [3.8, 4) is 0 Å². The van der Waals surface area contributed by atoms with Crippen LogP contribution < -0.4 is 11.3 Å². The van der Waals surface area contributed by atoms with Crippen molar-refractivity contribution in [3.05, 3.63) is 16.7 Å². The Bertz CT molecular complexity index is 1040. The van der Waals surface area contributed by atoms with Gasteiger partial charge < -0.3 is 35.4 Å². The van der Waals surface area contributed by atoms with Crippen LogP contribution in [0, 0.1) is 0 Å². The van der Waals surface area contributed by atoms with Crippen LogP contribution in [0.2, 0.25) is 0 Å². The second-order valence-corrected chi connectivity index (χ2v) is 11.0. The zero-order valence-corrected chi connectivity index (χ0v) is 16.2. The van der Waals surface area contributed by atoms with E-state index in [4.69, 9.17) is 20.3 Å². The van der Waals surface area contributed by atoms with Gasteiger partial charge in [-0.15, -0.1) is 0 Å². The van der Waals surface area contributed by atoms with Gasteiger partial charge >= 0.3 is 14.6 Å². The third kappa shape index (κ3) is 4.46. The Morgan fingerprint density at radius 2 is 2.00 bits per heavy atom. The molecule has 1 aliphatic rings. The SMILES string of the molecule is Nc1nc2c(ncn2[C@@H]2O[C@H](CSP(=O)(O)OP(=O)(O)O)[C@@H](O)[C@H]2O)c(=O)[nH]1. The molecule has 1 saturated heterocycles. The first-order valence-electron chi connectivity index (χ1n) is 7.36. The van der Waals surface area contributed by atoms with Gasteiger partial charge in [-0.25, -0.2) is 14.1 Å². The van der Waals surface area contributed by atoms with Gasteiger partial charge in [-0.1, -0.05) is 0 Å². The fourth-order valence-corrected chi connectivity index (χ4v) is 6.64. The molecular formula is C10H15N5O10P2S. The highest BCUT2D eigenvalue weighted by Gasteiger charge is 2.45. The number of imidazole rings is 1. The van der Waals surface area contributed by atoms with Crippen LogP contribution in [-0.4, -0.2) is 68.5 Å². The fraction of sp³-hybridized carbons (Fsp3) is 0.500. The lowest BCUT2D eigenvalue weighted by Crippen LogP contribution is -2.32. The molecule has 5 atom stereocenters. The number of aliphatic hydroxyl groups excluding tert-OH is 2. The number of aliphatic hydroxyl groups is 2. The molecule has 3 heterocycles. The molecule has 3 rings (SSSR count). The van der Waals surface area contributed by atoms with Crippen molar-refractivity contribution in [3.63, 3.8) is 0 Å². The van der Waals surface area contributed by atoms with Crippen LogP contribution in [0.25, 0.3) is 11.2 Å². The van der Waals surface area contributed by atoms with Gasteiger partial charge in [0.15, 0.2) is 17.4 Å². The number of H-pyrrole nitrogens is 1. The zero-order chi connectivity index (χ0) is 20.9. The summed E-state index contributed by atoms with van der Waals surface area (Å²) < 4.78 is 32.8. The van der Waals surface area contributed by atoms with Crippen LogP contribution in [0.5, 0.6) is 0 Å². The molecule has 1 fully saturated rings. The molecule has 0 radical (unpaired) electrons. The average molecular weight is 459 g/mol. The van der Waals surface area contributed by atoms with E-state index >= 15 is 0 Å². The summed E-state index contributed by atoms with van der Waals surface area (Å²) in [7, 11) is -5.22. The molecule has 0 amide bonds. The Labute approximate surface area is 159 Å². The lowest BCUT2D eigenvalue weighted by atomic mass is 10.1. The van der Waals surface area contributed by atoms with Crippen LogP contribution in [0.4, 0.5) is 5.95 Å². The molecule has 2 aromatic heterocycles. The number of rotatable bonds is 6. The van der Waals surface area contributed by atoms with E-state index in [9.17, 15) is 29.0 Å². The molecule has 0 spiro atoms. The molecule has 1 aliphatic heterocycles. The highest BCUT2D eigenvalue weighted by atomic mass is 32.7. The summed E-state index contributed by atoms with van der Waals surface area (Å²) in [6, 6.07) is 0. The maximum atomic E-state index is 11.8. The van der Waals surface area contributed by atoms with Crippen LogP contribution >= 0.6 is 26.0 Å². The van der Waals surface area contributed by atoms with Crippen molar-refractivity contribution in [2.24, 2.45) is 0 Å². The number of hydrogen-bond donors (Lipinski definition) is 7. The van der Waals surface area contributed by atoms with E-state index in [1.54, 1.807) is 0 Å². The third-order valence-corrected chi connectivity index (χ3v) is 8.18. The Kier molecular flexibility index (Phi) is 5.73. The molecule has 15 nitrogen and oxygen atoms in total. The van der Waals surface area contributed by atoms with Gasteiger partial charge in [-0.3, -0.25) is 14.3 Å². The minimum atomic E-state index is -5.22. The highest BCUT2D eigenvalue weighted by Crippen LogP contribution is 2.65. The van der Waals surface area contributed by atoms with Gasteiger partial charge in [0, 0.05) is 5.75 Å². The number of nitrogen functional groups attached to an aromatic ring is 1. The number of nitrogens with two attached hydrogens (primary N) is 1. The monoisotopic (exact) mass is 459 g/mol. The maximum absolute atomic E-state index is 11.8. The maximum Gasteiger partial charge on any atom is 0.477 e. The van der Waals surface area contributed by atoms with Gasteiger partial charge in [-0.05, 0) is 11.4 Å². The number of anilines is 1. The van der Waals surface area contributed by atoms with Crippen molar-refractivity contribution < 1.29 is 43.1 Å². The van der Waals surface area contributed by atoms with E-state index in [1.165, 1.54) is 0 Å². The summed E-state index contributed by atoms with van der Waals surface area (Å²) in [5, 5.41) is 20.4. The zero-order valence-electron chi connectivity index (χ0n) is 13.6. The number of hydrogen-bond acceptors (Lipinski definition) is 11. The van der Waals surface area contributed by atoms with E-state index in [2.05, 4.69) is 19.3 Å². The molecule has 8 N–H and O–H groups in total. The van der Waals surface area contributed by atoms with Crippen molar-refractivity contribution in [1.82, 2.24) is 19.5 Å². The summed E-state index contributed by atoms with van der Waals surface area (Å²) in [4.78, 5) is 48.5. The number of fused-ring (bicyclic) bond motifs is 1. The number of aromatic amines is 1. The summed E-state index contributed by atoms with van der Waals surface area (Å²) in [5.74, 6) is -0.666. The van der Waals surface area contributed by atoms with Crippen molar-refractivity contribution in [1.29, 1.82) is 0 Å². The molecular weight excluding hydrogens is 444 g/mol. The van der Waals surface area contributed by atoms with Gasteiger partial charge in [0.1, 0.15) is 12.2 Å². The first kappa shape index (κ1) is 21.4. The molecule has 0 saturated carbocycles. The molecule has 0 aromatic carbocycles. The molecule has 0 aliphatic carbocycles. The van der Waals surface area contributed by atoms with E-state index in [0.717, 1.165) is 10.9 Å². The summed E-state index contributed by atoms with van der Waals surface area (Å²) in [6.45, 7) is -4.76. The first-order valence-corrected chi connectivity index (χ1v) is 12.1. The van der Waals surface area contributed by atoms with E-state index in [1.807, 2.05) is 0 Å². The lowest BCUT2D eigenvalue weighted by molar-refractivity contribution is -0.0288. The molecule has 1 unspecified atom stereocenters. The molecule has 156 valence electrons. The summed E-state index contributed by atoms with van der Waals surface area (Å²) in [5.41, 5.74) is 4.74. The standard InChI is InChI=1S/C10H15N5O10P2S/c11-10-13-7-4(8(18)14-10)12-2-15(7)9-6(17)5(16)3(24-9)1-28-27(22,23)25-26(19,20)21/h2-3,5-6,9,16-17H,1H2,(H,22,23)(H2,19,20,21)(H3,11,13,14,18)/t3-,5-,6-,9-/m1/s1. The topological polar surface area (TPSA) is 243 Å². The second-order valence-electron chi connectivity index (χ2n) is 5.66. The third-order valence-electron chi connectivity index (χ3n) is 3.67. The number of ether oxygens (including phenoxy) is 1. The van der Waals surface area contributed by atoms with E-state index in [-0.39, 0.29) is 28.5 Å². The quantitative estimate of drug-likeness (QED) is 0.237. The van der Waals surface area contributed by atoms with Crippen LogP contribution in [0.3, 0.4) is 0 Å². The fourth-order valence-electron chi connectivity index (χ4n) is 2.55. The minimum Gasteiger partial charge on any atom is -0.387 e. The number of aromatic nitrogens is 4. The van der Waals surface area contributed by atoms with Crippen molar-refractivity contribution >= 4 is 43.1 Å². The first-order chi connectivity index (χ1) is 12.9. The average Bonchev–Trinajstić information content (AvgIpc) is 3.06. The summed E-state index contributed by atoms with van der Waals surface area (Å²) in [6.07, 6.45) is -4.42. The number of nitrogens with one attached hydrogen (secondary N) is 1. The lowest BCUT2D eigenvalue weighted by Gasteiger charge is -2.17. The minimum absolute atomic E-state index is 0.0246. The summed E-state index contributed by atoms with van der Waals surface area (Å²) >= 11 is 0.101. The molecule has 2 aromatic rings. The van der Waals surface area contributed by atoms with E-state index < -0.39 is 50.5 Å².